The zero-order valence-corrected chi connectivity index (χ0v) is 11.8. The predicted octanol–water partition coefficient (Wildman–Crippen LogP) is 0.421. The van der Waals surface area contributed by atoms with E-state index in [4.69, 9.17) is 9.84 Å². The lowest BCUT2D eigenvalue weighted by atomic mass is 10.3. The number of aliphatic hydroxyl groups excluding tert-OH is 1. The molecule has 1 heterocycles. The summed E-state index contributed by atoms with van der Waals surface area (Å²) < 4.78 is 5.04. The zero-order chi connectivity index (χ0) is 13.9. The Morgan fingerprint density at radius 2 is 2.05 bits per heavy atom. The largest absolute Gasteiger partial charge is 0.395 e. The Kier molecular flexibility index (Phi) is 8.04. The van der Waals surface area contributed by atoms with E-state index in [2.05, 4.69) is 22.2 Å². The summed E-state index contributed by atoms with van der Waals surface area (Å²) in [6, 6.07) is 0. The van der Waals surface area contributed by atoms with Gasteiger partial charge in [0.15, 0.2) is 0 Å². The van der Waals surface area contributed by atoms with Gasteiger partial charge in [0, 0.05) is 44.7 Å². The summed E-state index contributed by atoms with van der Waals surface area (Å²) in [6.45, 7) is 5.75. The number of ether oxygens (including phenoxy) is 1. The van der Waals surface area contributed by atoms with Gasteiger partial charge >= 0.3 is 0 Å². The number of hydrogen-bond donors (Lipinski definition) is 2. The van der Waals surface area contributed by atoms with Crippen molar-refractivity contribution in [3.05, 3.63) is 18.0 Å². The summed E-state index contributed by atoms with van der Waals surface area (Å²) in [5.41, 5.74) is 1.06. The minimum Gasteiger partial charge on any atom is -0.395 e. The highest BCUT2D eigenvalue weighted by Crippen LogP contribution is 2.06. The number of aromatic nitrogens is 2. The first kappa shape index (κ1) is 15.8. The van der Waals surface area contributed by atoms with Crippen molar-refractivity contribution in [1.82, 2.24) is 15.3 Å². The quantitative estimate of drug-likeness (QED) is 0.599. The average molecular weight is 268 g/mol. The standard InChI is InChI=1S/C13H24N4O2/c1-3-4-14-9-12-10-15-13(16-11-12)17(5-7-18)6-8-19-2/h10-11,14,18H,3-9H2,1-2H3. The van der Waals surface area contributed by atoms with E-state index >= 15 is 0 Å². The maximum Gasteiger partial charge on any atom is 0.225 e. The Labute approximate surface area is 114 Å². The van der Waals surface area contributed by atoms with Gasteiger partial charge in [-0.2, -0.15) is 0 Å². The molecule has 0 spiro atoms. The first-order valence-electron chi connectivity index (χ1n) is 6.68. The monoisotopic (exact) mass is 268 g/mol. The summed E-state index contributed by atoms with van der Waals surface area (Å²) in [5.74, 6) is 0.630. The summed E-state index contributed by atoms with van der Waals surface area (Å²) in [5, 5.41) is 12.4. The third-order valence-electron chi connectivity index (χ3n) is 2.67. The highest BCUT2D eigenvalue weighted by atomic mass is 16.5. The van der Waals surface area contributed by atoms with Crippen molar-refractivity contribution in [2.45, 2.75) is 19.9 Å². The highest BCUT2D eigenvalue weighted by molar-refractivity contribution is 5.29. The number of rotatable bonds is 10. The van der Waals surface area contributed by atoms with Gasteiger partial charge in [-0.05, 0) is 13.0 Å². The molecule has 0 saturated heterocycles. The molecule has 1 aromatic heterocycles. The number of nitrogens with one attached hydrogen (secondary N) is 1. The Morgan fingerprint density at radius 3 is 2.63 bits per heavy atom. The molecule has 0 radical (unpaired) electrons. The Bertz CT molecular complexity index is 332. The van der Waals surface area contributed by atoms with Crippen LogP contribution in [0.4, 0.5) is 5.95 Å². The van der Waals surface area contributed by atoms with Crippen molar-refractivity contribution in [3.63, 3.8) is 0 Å². The molecule has 108 valence electrons. The number of anilines is 1. The number of methoxy groups -OCH3 is 1. The lowest BCUT2D eigenvalue weighted by Gasteiger charge is -2.21. The predicted molar refractivity (Wildman–Crippen MR) is 75.2 cm³/mol. The van der Waals surface area contributed by atoms with Crippen LogP contribution in [-0.2, 0) is 11.3 Å². The Morgan fingerprint density at radius 1 is 1.32 bits per heavy atom. The molecule has 1 aromatic rings. The lowest BCUT2D eigenvalue weighted by Crippen LogP contribution is -2.31. The number of aliphatic hydroxyl groups is 1. The van der Waals surface area contributed by atoms with E-state index < -0.39 is 0 Å². The van der Waals surface area contributed by atoms with Crippen LogP contribution in [0.25, 0.3) is 0 Å². The summed E-state index contributed by atoms with van der Waals surface area (Å²) in [4.78, 5) is 10.6. The second-order valence-electron chi connectivity index (χ2n) is 4.27. The minimum absolute atomic E-state index is 0.0763. The van der Waals surface area contributed by atoms with Gasteiger partial charge in [-0.15, -0.1) is 0 Å². The maximum atomic E-state index is 9.05. The molecule has 0 aliphatic rings. The summed E-state index contributed by atoms with van der Waals surface area (Å²) in [7, 11) is 1.65. The van der Waals surface area contributed by atoms with Gasteiger partial charge in [-0.1, -0.05) is 6.92 Å². The Balaban J connectivity index is 2.55. The fourth-order valence-corrected chi connectivity index (χ4v) is 1.65. The molecule has 0 aliphatic heterocycles. The molecule has 6 nitrogen and oxygen atoms in total. The van der Waals surface area contributed by atoms with Gasteiger partial charge in [-0.3, -0.25) is 0 Å². The van der Waals surface area contributed by atoms with E-state index in [0.29, 0.717) is 25.6 Å². The fraction of sp³-hybridized carbons (Fsp3) is 0.692. The van der Waals surface area contributed by atoms with Crippen LogP contribution in [0.1, 0.15) is 18.9 Å². The van der Waals surface area contributed by atoms with E-state index in [1.54, 1.807) is 7.11 Å². The molecule has 0 aromatic carbocycles. The fourth-order valence-electron chi connectivity index (χ4n) is 1.65. The van der Waals surface area contributed by atoms with E-state index in [9.17, 15) is 0 Å². The number of nitrogens with zero attached hydrogens (tertiary/aromatic N) is 3. The van der Waals surface area contributed by atoms with Gasteiger partial charge in [0.05, 0.1) is 13.2 Å². The minimum atomic E-state index is 0.0763. The van der Waals surface area contributed by atoms with Crippen molar-refractivity contribution in [3.8, 4) is 0 Å². The van der Waals surface area contributed by atoms with Gasteiger partial charge in [0.25, 0.3) is 0 Å². The summed E-state index contributed by atoms with van der Waals surface area (Å²) >= 11 is 0. The normalized spacial score (nSPS) is 10.7. The van der Waals surface area contributed by atoms with Crippen molar-refractivity contribution in [2.24, 2.45) is 0 Å². The second kappa shape index (κ2) is 9.66. The van der Waals surface area contributed by atoms with Crippen LogP contribution < -0.4 is 10.2 Å². The molecular formula is C13H24N4O2. The number of hydrogen-bond acceptors (Lipinski definition) is 6. The molecule has 0 unspecified atom stereocenters. The highest BCUT2D eigenvalue weighted by Gasteiger charge is 2.08. The zero-order valence-electron chi connectivity index (χ0n) is 11.8. The molecule has 2 N–H and O–H groups in total. The average Bonchev–Trinajstić information content (AvgIpc) is 2.45. The van der Waals surface area contributed by atoms with Crippen molar-refractivity contribution >= 4 is 5.95 Å². The van der Waals surface area contributed by atoms with E-state index in [1.165, 1.54) is 0 Å². The van der Waals surface area contributed by atoms with Crippen LogP contribution in [-0.4, -0.2) is 55.0 Å². The van der Waals surface area contributed by atoms with Crippen molar-refractivity contribution in [2.75, 3.05) is 44.9 Å². The van der Waals surface area contributed by atoms with Gasteiger partial charge in [0.2, 0.25) is 5.95 Å². The SMILES string of the molecule is CCCNCc1cnc(N(CCO)CCOC)nc1. The molecule has 1 rings (SSSR count). The van der Waals surface area contributed by atoms with Gasteiger partial charge in [-0.25, -0.2) is 9.97 Å². The molecule has 0 bridgehead atoms. The van der Waals surface area contributed by atoms with Gasteiger partial charge in [0.1, 0.15) is 0 Å². The molecule has 0 aliphatic carbocycles. The molecular weight excluding hydrogens is 244 g/mol. The first-order chi connectivity index (χ1) is 9.31. The summed E-state index contributed by atoms with van der Waals surface area (Å²) in [6.07, 6.45) is 4.75. The molecule has 0 amide bonds. The molecule has 0 atom stereocenters. The van der Waals surface area contributed by atoms with Crippen LogP contribution in [0.5, 0.6) is 0 Å². The van der Waals surface area contributed by atoms with E-state index in [0.717, 1.165) is 25.1 Å². The molecule has 0 fully saturated rings. The molecule has 0 saturated carbocycles. The van der Waals surface area contributed by atoms with Crippen LogP contribution >= 0.6 is 0 Å². The van der Waals surface area contributed by atoms with E-state index in [1.807, 2.05) is 17.3 Å². The second-order valence-corrected chi connectivity index (χ2v) is 4.27. The van der Waals surface area contributed by atoms with Crippen molar-refractivity contribution in [1.29, 1.82) is 0 Å². The molecule has 6 heteroatoms. The molecule has 19 heavy (non-hydrogen) atoms. The lowest BCUT2D eigenvalue weighted by molar-refractivity contribution is 0.202. The van der Waals surface area contributed by atoms with Crippen LogP contribution in [0.3, 0.4) is 0 Å². The topological polar surface area (TPSA) is 70.5 Å². The third-order valence-corrected chi connectivity index (χ3v) is 2.67. The van der Waals surface area contributed by atoms with Crippen molar-refractivity contribution < 1.29 is 9.84 Å². The smallest absolute Gasteiger partial charge is 0.225 e. The van der Waals surface area contributed by atoms with Crippen LogP contribution in [0, 0.1) is 0 Å². The van der Waals surface area contributed by atoms with E-state index in [-0.39, 0.29) is 6.61 Å². The van der Waals surface area contributed by atoms with Crippen LogP contribution in [0.15, 0.2) is 12.4 Å². The third kappa shape index (κ3) is 5.96. The first-order valence-corrected chi connectivity index (χ1v) is 6.68. The maximum absolute atomic E-state index is 9.05. The van der Waals surface area contributed by atoms with Crippen LogP contribution in [0.2, 0.25) is 0 Å². The van der Waals surface area contributed by atoms with Gasteiger partial charge < -0.3 is 20.1 Å². The Hall–Kier alpha value is -1.24.